The van der Waals surface area contributed by atoms with E-state index in [1.54, 1.807) is 12.3 Å². The second kappa shape index (κ2) is 6.40. The van der Waals surface area contributed by atoms with E-state index in [0.717, 1.165) is 25.7 Å². The zero-order valence-corrected chi connectivity index (χ0v) is 13.7. The Morgan fingerprint density at radius 3 is 2.77 bits per heavy atom. The summed E-state index contributed by atoms with van der Waals surface area (Å²) in [5.74, 6) is 0.556. The molecule has 9 nitrogen and oxygen atoms in total. The average Bonchev–Trinajstić information content (AvgIpc) is 3.30. The van der Waals surface area contributed by atoms with Crippen molar-refractivity contribution >= 4 is 16.7 Å². The summed E-state index contributed by atoms with van der Waals surface area (Å²) in [6, 6.07) is 5.22. The molecule has 1 aliphatic rings. The number of aromatic nitrogens is 4. The first-order valence-electron chi connectivity index (χ1n) is 8.21. The van der Waals surface area contributed by atoms with Crippen molar-refractivity contribution in [2.75, 3.05) is 0 Å². The molecule has 26 heavy (non-hydrogen) atoms. The molecule has 0 aliphatic heterocycles. The van der Waals surface area contributed by atoms with E-state index in [4.69, 9.17) is 10.00 Å². The lowest BCUT2D eigenvalue weighted by Crippen LogP contribution is -2.13. The Morgan fingerprint density at radius 2 is 2.04 bits per heavy atom. The van der Waals surface area contributed by atoms with Crippen molar-refractivity contribution in [3.8, 4) is 17.6 Å². The van der Waals surface area contributed by atoms with Gasteiger partial charge in [0.2, 0.25) is 5.75 Å². The summed E-state index contributed by atoms with van der Waals surface area (Å²) in [4.78, 5) is 19.2. The molecule has 1 aliphatic carbocycles. The van der Waals surface area contributed by atoms with E-state index in [1.807, 2.05) is 6.07 Å². The molecule has 130 valence electrons. The summed E-state index contributed by atoms with van der Waals surface area (Å²) in [6.07, 6.45) is 8.07. The van der Waals surface area contributed by atoms with Crippen LogP contribution in [-0.2, 0) is 0 Å². The molecule has 3 aromatic heterocycles. The summed E-state index contributed by atoms with van der Waals surface area (Å²) in [7, 11) is 0. The number of nitrogens with zero attached hydrogens (tertiary/aromatic N) is 6. The first-order chi connectivity index (χ1) is 12.7. The fourth-order valence-electron chi connectivity index (χ4n) is 3.10. The highest BCUT2D eigenvalue weighted by Crippen LogP contribution is 2.32. The van der Waals surface area contributed by atoms with Gasteiger partial charge in [0.25, 0.3) is 0 Å². The Balaban J connectivity index is 1.77. The molecule has 0 atom stereocenters. The van der Waals surface area contributed by atoms with Gasteiger partial charge in [-0.05, 0) is 31.7 Å². The van der Waals surface area contributed by atoms with E-state index in [2.05, 4.69) is 15.1 Å². The number of nitro groups is 1. The predicted octanol–water partition coefficient (Wildman–Crippen LogP) is 2.92. The minimum absolute atomic E-state index is 0.0189. The van der Waals surface area contributed by atoms with Gasteiger partial charge >= 0.3 is 5.69 Å². The highest BCUT2D eigenvalue weighted by atomic mass is 16.6. The molecule has 0 N–H and O–H groups in total. The van der Waals surface area contributed by atoms with Crippen LogP contribution in [0.5, 0.6) is 5.75 Å². The van der Waals surface area contributed by atoms with E-state index in [-0.39, 0.29) is 17.5 Å². The molecule has 9 heteroatoms. The van der Waals surface area contributed by atoms with Crippen LogP contribution in [0.4, 0.5) is 5.69 Å². The Labute approximate surface area is 148 Å². The normalized spacial score (nSPS) is 14.4. The summed E-state index contributed by atoms with van der Waals surface area (Å²) in [5, 5.41) is 25.2. The Kier molecular flexibility index (Phi) is 3.93. The van der Waals surface area contributed by atoms with Crippen molar-refractivity contribution in [1.29, 1.82) is 5.26 Å². The van der Waals surface area contributed by atoms with Crippen LogP contribution >= 0.6 is 0 Å². The van der Waals surface area contributed by atoms with Crippen LogP contribution in [0.25, 0.3) is 16.9 Å². The topological polar surface area (TPSA) is 120 Å². The van der Waals surface area contributed by atoms with Crippen molar-refractivity contribution in [2.45, 2.75) is 31.8 Å². The second-order valence-corrected chi connectivity index (χ2v) is 6.10. The van der Waals surface area contributed by atoms with Gasteiger partial charge in [0, 0.05) is 17.6 Å². The summed E-state index contributed by atoms with van der Waals surface area (Å²) in [6.45, 7) is 0. The molecular formula is C17H14N6O3. The number of pyridine rings is 2. The van der Waals surface area contributed by atoms with Crippen molar-refractivity contribution in [3.63, 3.8) is 0 Å². The SMILES string of the molecule is N#Cc1cnc2c(cnn2-c2cc(OC3CCCC3)c([N+](=O)[O-])cn2)c1. The highest BCUT2D eigenvalue weighted by Gasteiger charge is 2.24. The van der Waals surface area contributed by atoms with Gasteiger partial charge in [-0.3, -0.25) is 10.1 Å². The minimum Gasteiger partial charge on any atom is -0.483 e. The molecule has 0 bridgehead atoms. The van der Waals surface area contributed by atoms with Crippen LogP contribution in [0.1, 0.15) is 31.2 Å². The van der Waals surface area contributed by atoms with Crippen LogP contribution in [-0.4, -0.2) is 30.8 Å². The molecule has 0 spiro atoms. The number of ether oxygens (including phenoxy) is 1. The minimum atomic E-state index is -0.500. The molecule has 3 heterocycles. The van der Waals surface area contributed by atoms with Gasteiger partial charge in [-0.2, -0.15) is 15.0 Å². The van der Waals surface area contributed by atoms with Crippen LogP contribution in [0.2, 0.25) is 0 Å². The number of hydrogen-bond donors (Lipinski definition) is 0. The Bertz CT molecular complexity index is 1030. The fraction of sp³-hybridized carbons (Fsp3) is 0.294. The smallest absolute Gasteiger partial charge is 0.329 e. The van der Waals surface area contributed by atoms with Crippen LogP contribution in [0.3, 0.4) is 0 Å². The molecule has 0 unspecified atom stereocenters. The number of fused-ring (bicyclic) bond motifs is 1. The van der Waals surface area contributed by atoms with Gasteiger partial charge in [-0.25, -0.2) is 9.97 Å². The van der Waals surface area contributed by atoms with E-state index in [1.165, 1.54) is 23.1 Å². The van der Waals surface area contributed by atoms with Crippen molar-refractivity contribution < 1.29 is 9.66 Å². The largest absolute Gasteiger partial charge is 0.483 e. The quantitative estimate of drug-likeness (QED) is 0.524. The molecule has 1 saturated carbocycles. The molecule has 3 aromatic rings. The molecule has 0 aromatic carbocycles. The highest BCUT2D eigenvalue weighted by molar-refractivity contribution is 5.77. The van der Waals surface area contributed by atoms with E-state index < -0.39 is 4.92 Å². The molecule has 0 saturated heterocycles. The number of nitriles is 1. The third-order valence-electron chi connectivity index (χ3n) is 4.38. The average molecular weight is 350 g/mol. The van der Waals surface area contributed by atoms with Crippen molar-refractivity contribution in [3.05, 3.63) is 46.4 Å². The van der Waals surface area contributed by atoms with Gasteiger partial charge in [0.1, 0.15) is 12.3 Å². The summed E-state index contributed by atoms with van der Waals surface area (Å²) in [5.41, 5.74) is 0.771. The van der Waals surface area contributed by atoms with E-state index in [0.29, 0.717) is 22.4 Å². The third kappa shape index (κ3) is 2.82. The first kappa shape index (κ1) is 16.0. The van der Waals surface area contributed by atoms with Crippen LogP contribution < -0.4 is 4.74 Å². The standard InChI is InChI=1S/C17H14N6O3/c18-7-11-5-12-9-21-22(17(12)20-8-11)16-6-15(14(10-19-16)23(24)25)26-13-3-1-2-4-13/h5-6,8-10,13H,1-4H2. The monoisotopic (exact) mass is 350 g/mol. The molecule has 0 amide bonds. The van der Waals surface area contributed by atoms with Gasteiger partial charge in [0.05, 0.1) is 22.8 Å². The number of hydrogen-bond acceptors (Lipinski definition) is 7. The maximum atomic E-state index is 11.3. The van der Waals surface area contributed by atoms with E-state index >= 15 is 0 Å². The third-order valence-corrected chi connectivity index (χ3v) is 4.38. The molecule has 1 fully saturated rings. The van der Waals surface area contributed by atoms with Gasteiger partial charge in [-0.1, -0.05) is 0 Å². The number of rotatable bonds is 4. The zero-order chi connectivity index (χ0) is 18.1. The Hall–Kier alpha value is -3.54. The molecule has 0 radical (unpaired) electrons. The lowest BCUT2D eigenvalue weighted by molar-refractivity contribution is -0.386. The van der Waals surface area contributed by atoms with Crippen molar-refractivity contribution in [1.82, 2.24) is 19.7 Å². The van der Waals surface area contributed by atoms with Crippen LogP contribution in [0.15, 0.2) is 30.7 Å². The zero-order valence-electron chi connectivity index (χ0n) is 13.7. The predicted molar refractivity (Wildman–Crippen MR) is 90.9 cm³/mol. The Morgan fingerprint density at radius 1 is 1.23 bits per heavy atom. The fourth-order valence-corrected chi connectivity index (χ4v) is 3.10. The summed E-state index contributed by atoms with van der Waals surface area (Å²) >= 11 is 0. The maximum Gasteiger partial charge on any atom is 0.329 e. The first-order valence-corrected chi connectivity index (χ1v) is 8.21. The lowest BCUT2D eigenvalue weighted by Gasteiger charge is -2.13. The molecule has 4 rings (SSSR count). The van der Waals surface area contributed by atoms with Gasteiger partial charge < -0.3 is 4.74 Å². The van der Waals surface area contributed by atoms with Gasteiger partial charge in [0.15, 0.2) is 11.5 Å². The van der Waals surface area contributed by atoms with Crippen molar-refractivity contribution in [2.24, 2.45) is 0 Å². The summed E-state index contributed by atoms with van der Waals surface area (Å²) < 4.78 is 7.34. The van der Waals surface area contributed by atoms with E-state index in [9.17, 15) is 10.1 Å². The second-order valence-electron chi connectivity index (χ2n) is 6.10. The van der Waals surface area contributed by atoms with Gasteiger partial charge in [-0.15, -0.1) is 0 Å². The lowest BCUT2D eigenvalue weighted by atomic mass is 10.2. The maximum absolute atomic E-state index is 11.3. The molecular weight excluding hydrogens is 336 g/mol. The van der Waals surface area contributed by atoms with Crippen LogP contribution in [0, 0.1) is 21.4 Å².